The van der Waals surface area contributed by atoms with Gasteiger partial charge in [-0.1, -0.05) is 0 Å². The van der Waals surface area contributed by atoms with Crippen molar-refractivity contribution >= 4 is 43.9 Å². The second-order valence-corrected chi connectivity index (χ2v) is 23.3. The molecule has 0 aliphatic rings. The molecule has 2 rings (SSSR count). The molecule has 0 N–H and O–H groups in total. The first-order chi connectivity index (χ1) is 7.79. The van der Waals surface area contributed by atoms with Gasteiger partial charge in [0, 0.05) is 0 Å². The molecule has 0 saturated heterocycles. The van der Waals surface area contributed by atoms with Gasteiger partial charge in [0.2, 0.25) is 0 Å². The van der Waals surface area contributed by atoms with E-state index in [1.807, 2.05) is 22.7 Å². The molecule has 3 heteroatoms. The van der Waals surface area contributed by atoms with Gasteiger partial charge in [-0.05, 0) is 0 Å². The van der Waals surface area contributed by atoms with Crippen molar-refractivity contribution in [3.05, 3.63) is 28.1 Å². The summed E-state index contributed by atoms with van der Waals surface area (Å²) in [4.78, 5) is 11.9. The second-order valence-electron chi connectivity index (χ2n) is 5.72. The molecule has 0 radical (unpaired) electrons. The van der Waals surface area contributed by atoms with Crippen molar-refractivity contribution in [2.24, 2.45) is 0 Å². The Bertz CT molecular complexity index is 522. The van der Waals surface area contributed by atoms with Gasteiger partial charge in [0.15, 0.2) is 0 Å². The zero-order valence-corrected chi connectivity index (χ0v) is 16.0. The van der Waals surface area contributed by atoms with Crippen LogP contribution in [-0.2, 0) is 0 Å². The quantitative estimate of drug-likeness (QED) is 0.656. The summed E-state index contributed by atoms with van der Waals surface area (Å²) in [6.45, 7) is 6.71. The first-order valence-corrected chi connectivity index (χ1v) is 17.6. The minimum atomic E-state index is -1.91. The van der Waals surface area contributed by atoms with Gasteiger partial charge in [-0.15, -0.1) is 0 Å². The maximum atomic E-state index is 2.50. The van der Waals surface area contributed by atoms with Crippen molar-refractivity contribution in [1.82, 2.24) is 0 Å². The van der Waals surface area contributed by atoms with Gasteiger partial charge < -0.3 is 0 Å². The van der Waals surface area contributed by atoms with Crippen molar-refractivity contribution in [2.75, 3.05) is 0 Å². The molecule has 0 atom stereocenters. The summed E-state index contributed by atoms with van der Waals surface area (Å²) in [5, 5.41) is 0. The van der Waals surface area contributed by atoms with Crippen molar-refractivity contribution in [3.63, 3.8) is 0 Å². The van der Waals surface area contributed by atoms with E-state index in [2.05, 4.69) is 47.7 Å². The molecule has 0 aliphatic heterocycles. The number of rotatable bonds is 2. The Morgan fingerprint density at radius 3 is 1.76 bits per heavy atom. The third-order valence-corrected chi connectivity index (χ3v) is 15.4. The van der Waals surface area contributed by atoms with Crippen LogP contribution in [0.25, 0.3) is 9.75 Å². The summed E-state index contributed by atoms with van der Waals surface area (Å²) in [7, 11) is 0. The minimum absolute atomic E-state index is 1.43. The molecule has 17 heavy (non-hydrogen) atoms. The Balaban J connectivity index is 2.48. The van der Waals surface area contributed by atoms with Crippen LogP contribution < -0.4 is 2.89 Å². The molecule has 0 aliphatic carbocycles. The molecule has 0 spiro atoms. The van der Waals surface area contributed by atoms with Crippen molar-refractivity contribution in [3.8, 4) is 9.75 Å². The molecule has 0 saturated carbocycles. The van der Waals surface area contributed by atoms with E-state index in [0.717, 1.165) is 0 Å². The topological polar surface area (TPSA) is 0 Å². The predicted octanol–water partition coefficient (Wildman–Crippen LogP) is 4.95. The summed E-state index contributed by atoms with van der Waals surface area (Å²) in [6, 6.07) is 4.74. The zero-order chi connectivity index (χ0) is 12.8. The van der Waals surface area contributed by atoms with E-state index in [4.69, 9.17) is 0 Å². The molecule has 0 bridgehead atoms. The van der Waals surface area contributed by atoms with Crippen LogP contribution in [0.2, 0.25) is 14.8 Å². The van der Waals surface area contributed by atoms with Crippen LogP contribution in [-0.4, -0.2) is 18.4 Å². The summed E-state index contributed by atoms with van der Waals surface area (Å²) in [6.07, 6.45) is 0. The summed E-state index contributed by atoms with van der Waals surface area (Å²) in [5.41, 5.74) is 2.95. The third-order valence-electron chi connectivity index (χ3n) is 3.01. The van der Waals surface area contributed by atoms with Gasteiger partial charge in [-0.25, -0.2) is 0 Å². The van der Waals surface area contributed by atoms with Gasteiger partial charge in [-0.3, -0.25) is 0 Å². The number of hydrogen-bond acceptors (Lipinski definition) is 2. The van der Waals surface area contributed by atoms with Crippen LogP contribution in [0.1, 0.15) is 16.0 Å². The molecule has 0 nitrogen and oxygen atoms in total. The molecule has 0 unspecified atom stereocenters. The van der Waals surface area contributed by atoms with E-state index in [1.165, 1.54) is 25.8 Å². The maximum absolute atomic E-state index is 2.50. The van der Waals surface area contributed by atoms with Crippen molar-refractivity contribution < 1.29 is 0 Å². The van der Waals surface area contributed by atoms with Crippen LogP contribution in [0.5, 0.6) is 0 Å². The van der Waals surface area contributed by atoms with E-state index in [-0.39, 0.29) is 0 Å². The molecular weight excluding hydrogens is 351 g/mol. The fraction of sp³-hybridized carbons (Fsp3) is 0.429. The van der Waals surface area contributed by atoms with Gasteiger partial charge in [0.1, 0.15) is 0 Å². The molecule has 2 aromatic heterocycles. The number of thiophene rings is 2. The normalized spacial score (nSPS) is 12.1. The van der Waals surface area contributed by atoms with Crippen LogP contribution in [0.4, 0.5) is 0 Å². The van der Waals surface area contributed by atoms with Crippen LogP contribution in [0, 0.1) is 20.8 Å². The fourth-order valence-electron chi connectivity index (χ4n) is 2.04. The van der Waals surface area contributed by atoms with Gasteiger partial charge in [-0.2, -0.15) is 0 Å². The van der Waals surface area contributed by atoms with Gasteiger partial charge >= 0.3 is 117 Å². The van der Waals surface area contributed by atoms with E-state index >= 15 is 0 Å². The number of aryl methyl sites for hydroxylation is 3. The van der Waals surface area contributed by atoms with Crippen molar-refractivity contribution in [2.45, 2.75) is 35.6 Å². The molecule has 2 heterocycles. The fourth-order valence-corrected chi connectivity index (χ4v) is 11.5. The van der Waals surface area contributed by atoms with Crippen LogP contribution in [0.3, 0.4) is 0 Å². The Morgan fingerprint density at radius 2 is 1.35 bits per heavy atom. The van der Waals surface area contributed by atoms with Crippen molar-refractivity contribution in [1.29, 1.82) is 0 Å². The van der Waals surface area contributed by atoms with Gasteiger partial charge in [0.25, 0.3) is 0 Å². The van der Waals surface area contributed by atoms with Gasteiger partial charge in [0.05, 0.1) is 0 Å². The first kappa shape index (κ1) is 13.6. The third kappa shape index (κ3) is 2.79. The van der Waals surface area contributed by atoms with Crippen LogP contribution in [0.15, 0.2) is 12.1 Å². The van der Waals surface area contributed by atoms with E-state index in [9.17, 15) is 0 Å². The standard InChI is InChI=1S/C11H11S2.3CH3.Sn/c1-7-4-10(12-6-7)11-5-8(2)9(3)13-11;;;;/h4-5H,1-3H3;3*1H3;. The summed E-state index contributed by atoms with van der Waals surface area (Å²) < 4.78 is 1.72. The molecular formula is C14H20S2Sn. The van der Waals surface area contributed by atoms with E-state index in [1.54, 1.807) is 2.89 Å². The molecule has 2 aromatic rings. The Labute approximate surface area is 117 Å². The van der Waals surface area contributed by atoms with Crippen LogP contribution >= 0.6 is 22.7 Å². The molecule has 0 amide bonds. The predicted molar refractivity (Wildman–Crippen MR) is 84.8 cm³/mol. The molecule has 0 aromatic carbocycles. The molecule has 0 fully saturated rings. The molecule has 92 valence electrons. The summed E-state index contributed by atoms with van der Waals surface area (Å²) >= 11 is 2.07. The Morgan fingerprint density at radius 1 is 0.824 bits per heavy atom. The monoisotopic (exact) mass is 372 g/mol. The zero-order valence-electron chi connectivity index (χ0n) is 11.5. The SMILES string of the molecule is Cc1cc(-c2cc(C)[c]([Sn]([CH3])([CH3])[CH3])s2)sc1C. The Kier molecular flexibility index (Phi) is 3.77. The first-order valence-electron chi connectivity index (χ1n) is 5.97. The van der Waals surface area contributed by atoms with E-state index < -0.39 is 18.4 Å². The number of hydrogen-bond donors (Lipinski definition) is 0. The summed E-state index contributed by atoms with van der Waals surface area (Å²) in [5.74, 6) is 0. The second kappa shape index (κ2) is 4.71. The Hall–Kier alpha value is 0.199. The van der Waals surface area contributed by atoms with E-state index in [0.29, 0.717) is 0 Å². The average molecular weight is 371 g/mol. The average Bonchev–Trinajstić information content (AvgIpc) is 2.70.